The van der Waals surface area contributed by atoms with Crippen molar-refractivity contribution < 1.29 is 17.2 Å². The maximum atomic E-state index is 13.8. The van der Waals surface area contributed by atoms with Crippen LogP contribution in [0.5, 0.6) is 0 Å². The number of rotatable bonds is 3. The van der Waals surface area contributed by atoms with Crippen molar-refractivity contribution in [2.75, 3.05) is 5.73 Å². The average Bonchev–Trinajstić information content (AvgIpc) is 3.15. The van der Waals surface area contributed by atoms with Crippen LogP contribution in [0.15, 0.2) is 77.7 Å². The predicted molar refractivity (Wildman–Crippen MR) is 114 cm³/mol. The minimum atomic E-state index is -4.03. The molecule has 0 spiro atoms. The second kappa shape index (κ2) is 6.85. The summed E-state index contributed by atoms with van der Waals surface area (Å²) in [7, 11) is -4.03. The van der Waals surface area contributed by atoms with Gasteiger partial charge in [-0.05, 0) is 24.3 Å². The summed E-state index contributed by atoms with van der Waals surface area (Å²) in [6.45, 7) is 0. The first kappa shape index (κ1) is 19.1. The molecule has 0 aliphatic carbocycles. The topological polar surface area (TPSA) is 90.9 Å². The lowest BCUT2D eigenvalue weighted by Crippen LogP contribution is -2.15. The number of anilines is 1. The molecule has 0 saturated heterocycles. The van der Waals surface area contributed by atoms with Gasteiger partial charge in [-0.3, -0.25) is 0 Å². The fraction of sp³-hybridized carbons (Fsp3) is 0. The Balaban J connectivity index is 1.86. The summed E-state index contributed by atoms with van der Waals surface area (Å²) in [5.74, 6) is -2.27. The molecular weight excluding hydrogens is 422 g/mol. The van der Waals surface area contributed by atoms with E-state index >= 15 is 0 Å². The Morgan fingerprint density at radius 1 is 0.806 bits per heavy atom. The molecule has 5 rings (SSSR count). The monoisotopic (exact) mass is 436 g/mol. The van der Waals surface area contributed by atoms with Crippen molar-refractivity contribution in [2.45, 2.75) is 4.90 Å². The zero-order chi connectivity index (χ0) is 21.8. The van der Waals surface area contributed by atoms with Crippen molar-refractivity contribution in [1.82, 2.24) is 13.9 Å². The van der Waals surface area contributed by atoms with Crippen molar-refractivity contribution in [3.8, 4) is 11.4 Å². The van der Waals surface area contributed by atoms with Crippen LogP contribution in [0, 0.1) is 11.6 Å². The van der Waals surface area contributed by atoms with Gasteiger partial charge in [0.15, 0.2) is 17.5 Å². The molecule has 0 amide bonds. The second-order valence-electron chi connectivity index (χ2n) is 6.88. The van der Waals surface area contributed by atoms with Gasteiger partial charge < -0.3 is 5.73 Å². The van der Waals surface area contributed by atoms with E-state index in [1.807, 2.05) is 0 Å². The van der Waals surface area contributed by atoms with Gasteiger partial charge in [0, 0.05) is 17.5 Å². The van der Waals surface area contributed by atoms with Gasteiger partial charge >= 0.3 is 0 Å². The molecule has 2 aromatic heterocycles. The second-order valence-corrected chi connectivity index (χ2v) is 8.67. The lowest BCUT2D eigenvalue weighted by atomic mass is 10.2. The number of aromatic nitrogens is 3. The van der Waals surface area contributed by atoms with Crippen LogP contribution in [0.2, 0.25) is 0 Å². The summed E-state index contributed by atoms with van der Waals surface area (Å²) in [6.07, 6.45) is 0. The molecule has 0 radical (unpaired) electrons. The third-order valence-corrected chi connectivity index (χ3v) is 6.67. The number of nitrogen functional groups attached to an aromatic ring is 1. The SMILES string of the molecule is Nc1nc2cc(F)c(F)cc2nc1-c1cc2ccccc2n1S(=O)(=O)c1ccccc1. The molecule has 0 fully saturated rings. The highest BCUT2D eigenvalue weighted by molar-refractivity contribution is 7.90. The van der Waals surface area contributed by atoms with E-state index in [0.717, 1.165) is 16.1 Å². The molecule has 3 aromatic carbocycles. The smallest absolute Gasteiger partial charge is 0.268 e. The van der Waals surface area contributed by atoms with Crippen molar-refractivity contribution in [3.05, 3.63) is 84.4 Å². The van der Waals surface area contributed by atoms with Crippen LogP contribution in [-0.4, -0.2) is 22.4 Å². The lowest BCUT2D eigenvalue weighted by molar-refractivity contribution is 0.510. The van der Waals surface area contributed by atoms with E-state index in [1.54, 1.807) is 48.5 Å². The molecule has 0 saturated carbocycles. The number of nitrogens with two attached hydrogens (primary N) is 1. The summed E-state index contributed by atoms with van der Waals surface area (Å²) in [5, 5.41) is 0.642. The van der Waals surface area contributed by atoms with Crippen LogP contribution >= 0.6 is 0 Å². The molecule has 0 aliphatic rings. The van der Waals surface area contributed by atoms with E-state index < -0.39 is 21.7 Å². The van der Waals surface area contributed by atoms with Crippen LogP contribution < -0.4 is 5.73 Å². The molecule has 31 heavy (non-hydrogen) atoms. The summed E-state index contributed by atoms with van der Waals surface area (Å²) in [4.78, 5) is 8.53. The number of halogens is 2. The summed E-state index contributed by atoms with van der Waals surface area (Å²) in [5.41, 5.74) is 6.84. The Morgan fingerprint density at radius 3 is 2.13 bits per heavy atom. The van der Waals surface area contributed by atoms with Gasteiger partial charge in [0.1, 0.15) is 5.69 Å². The van der Waals surface area contributed by atoms with E-state index in [9.17, 15) is 17.2 Å². The maximum absolute atomic E-state index is 13.8. The van der Waals surface area contributed by atoms with Crippen molar-refractivity contribution in [2.24, 2.45) is 0 Å². The first-order valence-electron chi connectivity index (χ1n) is 9.20. The Kier molecular flexibility index (Phi) is 4.23. The van der Waals surface area contributed by atoms with E-state index in [-0.39, 0.29) is 33.1 Å². The highest BCUT2D eigenvalue weighted by Gasteiger charge is 2.26. The van der Waals surface area contributed by atoms with Crippen LogP contribution in [0.1, 0.15) is 0 Å². The van der Waals surface area contributed by atoms with E-state index in [1.165, 1.54) is 12.1 Å². The summed E-state index contributed by atoms with van der Waals surface area (Å²) < 4.78 is 55.6. The minimum Gasteiger partial charge on any atom is -0.382 e. The molecule has 6 nitrogen and oxygen atoms in total. The Labute approximate surface area is 175 Å². The zero-order valence-corrected chi connectivity index (χ0v) is 16.6. The molecule has 0 atom stereocenters. The number of hydrogen-bond donors (Lipinski definition) is 1. The van der Waals surface area contributed by atoms with E-state index in [4.69, 9.17) is 5.73 Å². The van der Waals surface area contributed by atoms with Gasteiger partial charge in [-0.15, -0.1) is 0 Å². The lowest BCUT2D eigenvalue weighted by Gasteiger charge is -2.13. The molecular formula is C22H14F2N4O2S. The molecule has 0 aliphatic heterocycles. The summed E-state index contributed by atoms with van der Waals surface area (Å²) >= 11 is 0. The van der Waals surface area contributed by atoms with Gasteiger partial charge in [-0.25, -0.2) is 31.1 Å². The predicted octanol–water partition coefficient (Wildman–Crippen LogP) is 4.35. The first-order valence-corrected chi connectivity index (χ1v) is 10.6. The molecule has 5 aromatic rings. The highest BCUT2D eigenvalue weighted by Crippen LogP contribution is 2.34. The molecule has 0 unspecified atom stereocenters. The fourth-order valence-electron chi connectivity index (χ4n) is 3.51. The number of para-hydroxylation sites is 1. The quantitative estimate of drug-likeness (QED) is 0.454. The molecule has 154 valence electrons. The largest absolute Gasteiger partial charge is 0.382 e. The Bertz CT molecular complexity index is 1580. The third kappa shape index (κ3) is 3.01. The number of fused-ring (bicyclic) bond motifs is 2. The number of hydrogen-bond acceptors (Lipinski definition) is 5. The van der Waals surface area contributed by atoms with Crippen LogP contribution in [0.25, 0.3) is 33.3 Å². The maximum Gasteiger partial charge on any atom is 0.268 e. The van der Waals surface area contributed by atoms with E-state index in [2.05, 4.69) is 9.97 Å². The van der Waals surface area contributed by atoms with Gasteiger partial charge in [-0.2, -0.15) is 0 Å². The Morgan fingerprint density at radius 2 is 1.42 bits per heavy atom. The van der Waals surface area contributed by atoms with E-state index in [0.29, 0.717) is 10.9 Å². The van der Waals surface area contributed by atoms with Gasteiger partial charge in [0.25, 0.3) is 10.0 Å². The Hall–Kier alpha value is -3.85. The number of nitrogens with zero attached hydrogens (tertiary/aromatic N) is 3. The molecule has 0 bridgehead atoms. The molecule has 2 N–H and O–H groups in total. The highest BCUT2D eigenvalue weighted by atomic mass is 32.2. The number of benzene rings is 3. The summed E-state index contributed by atoms with van der Waals surface area (Å²) in [6, 6.07) is 18.3. The molecule has 2 heterocycles. The molecule has 9 heteroatoms. The zero-order valence-electron chi connectivity index (χ0n) is 15.8. The van der Waals surface area contributed by atoms with Crippen molar-refractivity contribution in [3.63, 3.8) is 0 Å². The minimum absolute atomic E-state index is 0.0502. The van der Waals surface area contributed by atoms with Crippen LogP contribution in [0.4, 0.5) is 14.6 Å². The van der Waals surface area contributed by atoms with Crippen molar-refractivity contribution >= 4 is 37.8 Å². The van der Waals surface area contributed by atoms with Gasteiger partial charge in [0.05, 0.1) is 27.1 Å². The van der Waals surface area contributed by atoms with Crippen LogP contribution in [-0.2, 0) is 10.0 Å². The average molecular weight is 436 g/mol. The first-order chi connectivity index (χ1) is 14.9. The third-order valence-electron chi connectivity index (χ3n) is 4.92. The van der Waals surface area contributed by atoms with Crippen molar-refractivity contribution in [1.29, 1.82) is 0 Å². The van der Waals surface area contributed by atoms with Gasteiger partial charge in [0.2, 0.25) is 0 Å². The van der Waals surface area contributed by atoms with Gasteiger partial charge in [-0.1, -0.05) is 36.4 Å². The standard InChI is InChI=1S/C22H14F2N4O2S/c23-15-11-17-18(12-16(15)24)27-22(25)21(26-17)20-10-13-6-4-5-9-19(13)28(20)31(29,30)14-7-2-1-3-8-14/h1-12H,(H2,25,27). The fourth-order valence-corrected chi connectivity index (χ4v) is 5.04. The normalized spacial score (nSPS) is 11.9. The van der Waals surface area contributed by atoms with Crippen LogP contribution in [0.3, 0.4) is 0 Å².